The fraction of sp³-hybridized carbons (Fsp3) is 0.316. The zero-order valence-corrected chi connectivity index (χ0v) is 28.7. The SMILES string of the molecule is COc1cccc(CN2CCC(=CC3=C(C(=O)OC(c4ccccc4)c4ccccc4)N4C(=O)[C@@H](NC(=O)OC(C)(C)C)[C@H]4SC3)C2=O)c1. The van der Waals surface area contributed by atoms with E-state index in [0.717, 1.165) is 16.7 Å². The van der Waals surface area contributed by atoms with E-state index in [1.807, 2.05) is 84.9 Å². The number of ether oxygens (including phenoxy) is 3. The molecular formula is C38H39N3O7S. The molecule has 1 N–H and O–H groups in total. The van der Waals surface area contributed by atoms with Crippen LogP contribution in [0.15, 0.2) is 108 Å². The molecule has 3 amide bonds. The monoisotopic (exact) mass is 681 g/mol. The number of methoxy groups -OCH3 is 1. The first-order chi connectivity index (χ1) is 23.5. The summed E-state index contributed by atoms with van der Waals surface area (Å²) in [4.78, 5) is 57.4. The van der Waals surface area contributed by atoms with Crippen LogP contribution in [-0.2, 0) is 30.4 Å². The summed E-state index contributed by atoms with van der Waals surface area (Å²) in [6, 6.07) is 25.5. The number of hydrogen-bond donors (Lipinski definition) is 1. The number of carbonyl (C=O) groups is 4. The number of β-lactam (4-membered cyclic amide) rings is 1. The fourth-order valence-electron chi connectivity index (χ4n) is 6.08. The second-order valence-electron chi connectivity index (χ2n) is 13.0. The van der Waals surface area contributed by atoms with Gasteiger partial charge in [0.25, 0.3) is 5.91 Å². The zero-order valence-electron chi connectivity index (χ0n) is 27.9. The smallest absolute Gasteiger partial charge is 0.408 e. The maximum Gasteiger partial charge on any atom is 0.408 e. The van der Waals surface area contributed by atoms with Crippen molar-refractivity contribution < 1.29 is 33.4 Å². The normalized spacial score (nSPS) is 19.9. The molecule has 0 aliphatic carbocycles. The fourth-order valence-corrected chi connectivity index (χ4v) is 7.38. The van der Waals surface area contributed by atoms with Gasteiger partial charge in [-0.1, -0.05) is 72.8 Å². The number of alkyl carbamates (subject to hydrolysis) is 1. The second-order valence-corrected chi connectivity index (χ2v) is 14.1. The van der Waals surface area contributed by atoms with Crippen molar-refractivity contribution in [3.05, 3.63) is 125 Å². The van der Waals surface area contributed by atoms with Gasteiger partial charge in [0.15, 0.2) is 6.10 Å². The molecule has 0 aromatic heterocycles. The molecule has 10 nitrogen and oxygen atoms in total. The lowest BCUT2D eigenvalue weighted by molar-refractivity contribution is -0.153. The van der Waals surface area contributed by atoms with E-state index in [1.165, 1.54) is 16.7 Å². The lowest BCUT2D eigenvalue weighted by Gasteiger charge is -2.49. The second kappa shape index (κ2) is 14.2. The third-order valence-corrected chi connectivity index (χ3v) is 9.66. The largest absolute Gasteiger partial charge is 0.497 e. The Morgan fingerprint density at radius 3 is 2.29 bits per heavy atom. The van der Waals surface area contributed by atoms with Crippen LogP contribution >= 0.6 is 11.8 Å². The van der Waals surface area contributed by atoms with Crippen LogP contribution in [0, 0.1) is 0 Å². The van der Waals surface area contributed by atoms with Gasteiger partial charge in [-0.2, -0.15) is 0 Å². The predicted molar refractivity (Wildman–Crippen MR) is 185 cm³/mol. The van der Waals surface area contributed by atoms with E-state index in [-0.39, 0.29) is 11.6 Å². The first-order valence-electron chi connectivity index (χ1n) is 16.1. The van der Waals surface area contributed by atoms with Crippen molar-refractivity contribution >= 4 is 35.6 Å². The number of rotatable bonds is 9. The Bertz CT molecular complexity index is 1760. The van der Waals surface area contributed by atoms with Crippen molar-refractivity contribution in [1.82, 2.24) is 15.1 Å². The standard InChI is InChI=1S/C38H39N3O7S/c1-38(2,3)48-37(45)39-30-34(43)41-31(36(44)47-32(25-13-7-5-8-14-25)26-15-9-6-10-16-26)28(23-49-35(30)41)21-27-18-19-40(33(27)42)22-24-12-11-17-29(20-24)46-4/h5-17,20-21,30,32,35H,18-19,22-23H2,1-4H3,(H,39,45)/t30-,35-/m1/s1. The molecule has 0 saturated carbocycles. The van der Waals surface area contributed by atoms with Gasteiger partial charge >= 0.3 is 12.1 Å². The summed E-state index contributed by atoms with van der Waals surface area (Å²) < 4.78 is 17.0. The van der Waals surface area contributed by atoms with Gasteiger partial charge in [-0.3, -0.25) is 14.5 Å². The van der Waals surface area contributed by atoms with E-state index in [2.05, 4.69) is 5.32 Å². The summed E-state index contributed by atoms with van der Waals surface area (Å²) in [6.45, 7) is 6.15. The molecule has 254 valence electrons. The Hall–Kier alpha value is -5.03. The van der Waals surface area contributed by atoms with Crippen molar-refractivity contribution in [2.24, 2.45) is 0 Å². The van der Waals surface area contributed by atoms with Gasteiger partial charge in [-0.05, 0) is 67.7 Å². The number of benzene rings is 3. The van der Waals surface area contributed by atoms with Crippen LogP contribution in [0.3, 0.4) is 0 Å². The highest BCUT2D eigenvalue weighted by Crippen LogP contribution is 2.42. The Balaban J connectivity index is 1.31. The highest BCUT2D eigenvalue weighted by molar-refractivity contribution is 8.00. The van der Waals surface area contributed by atoms with Crippen molar-refractivity contribution in [1.29, 1.82) is 0 Å². The quantitative estimate of drug-likeness (QED) is 0.173. The Kier molecular flexibility index (Phi) is 9.82. The molecule has 3 aromatic rings. The lowest BCUT2D eigenvalue weighted by Crippen LogP contribution is -2.70. The number of likely N-dealkylation sites (tertiary alicyclic amines) is 1. The van der Waals surface area contributed by atoms with Crippen molar-refractivity contribution in [3.63, 3.8) is 0 Å². The van der Waals surface area contributed by atoms with Crippen LogP contribution in [0.4, 0.5) is 4.79 Å². The number of nitrogens with zero attached hydrogens (tertiary/aromatic N) is 2. The average molecular weight is 682 g/mol. The third kappa shape index (κ3) is 7.51. The molecule has 2 atom stereocenters. The summed E-state index contributed by atoms with van der Waals surface area (Å²) in [7, 11) is 1.60. The molecule has 2 fully saturated rings. The number of nitrogens with one attached hydrogen (secondary N) is 1. The molecule has 49 heavy (non-hydrogen) atoms. The summed E-state index contributed by atoms with van der Waals surface area (Å²) >= 11 is 1.40. The molecular weight excluding hydrogens is 642 g/mol. The maximum absolute atomic E-state index is 14.3. The molecule has 0 unspecified atom stereocenters. The summed E-state index contributed by atoms with van der Waals surface area (Å²) in [5.41, 5.74) is 2.85. The van der Waals surface area contributed by atoms with E-state index >= 15 is 0 Å². The third-order valence-electron chi connectivity index (χ3n) is 8.36. The number of allylic oxidation sites excluding steroid dienone is 1. The Morgan fingerprint density at radius 2 is 1.65 bits per heavy atom. The number of thioether (sulfide) groups is 1. The predicted octanol–water partition coefficient (Wildman–Crippen LogP) is 5.75. The topological polar surface area (TPSA) is 114 Å². The van der Waals surface area contributed by atoms with Crippen LogP contribution < -0.4 is 10.1 Å². The van der Waals surface area contributed by atoms with Crippen LogP contribution in [0.1, 0.15) is 50.0 Å². The van der Waals surface area contributed by atoms with Gasteiger partial charge in [0.05, 0.1) is 7.11 Å². The summed E-state index contributed by atoms with van der Waals surface area (Å²) in [5.74, 6) is -0.262. The number of fused-ring (bicyclic) bond motifs is 1. The van der Waals surface area contributed by atoms with E-state index in [4.69, 9.17) is 14.2 Å². The first-order valence-corrected chi connectivity index (χ1v) is 17.2. The van der Waals surface area contributed by atoms with Gasteiger partial charge in [0.2, 0.25) is 5.91 Å². The van der Waals surface area contributed by atoms with E-state index in [0.29, 0.717) is 42.2 Å². The minimum Gasteiger partial charge on any atom is -0.497 e. The molecule has 0 radical (unpaired) electrons. The number of carbonyl (C=O) groups excluding carboxylic acids is 4. The van der Waals surface area contributed by atoms with Crippen LogP contribution in [0.5, 0.6) is 5.75 Å². The maximum atomic E-state index is 14.3. The Morgan fingerprint density at radius 1 is 0.980 bits per heavy atom. The van der Waals surface area contributed by atoms with Crippen molar-refractivity contribution in [3.8, 4) is 5.75 Å². The highest BCUT2D eigenvalue weighted by Gasteiger charge is 2.55. The summed E-state index contributed by atoms with van der Waals surface area (Å²) in [6.07, 6.45) is 0.752. The minimum atomic E-state index is -0.887. The number of hydrogen-bond acceptors (Lipinski definition) is 8. The highest BCUT2D eigenvalue weighted by atomic mass is 32.2. The molecule has 3 aliphatic rings. The first kappa shape index (κ1) is 33.9. The molecule has 3 aliphatic heterocycles. The molecule has 2 saturated heterocycles. The molecule has 6 rings (SSSR count). The molecule has 3 aromatic carbocycles. The van der Waals surface area contributed by atoms with Gasteiger partial charge in [0.1, 0.15) is 28.5 Å². The van der Waals surface area contributed by atoms with Crippen LogP contribution in [-0.4, -0.2) is 70.1 Å². The molecule has 0 bridgehead atoms. The van der Waals surface area contributed by atoms with Crippen LogP contribution in [0.2, 0.25) is 0 Å². The number of esters is 1. The van der Waals surface area contributed by atoms with E-state index in [1.54, 1.807) is 38.9 Å². The van der Waals surface area contributed by atoms with Crippen molar-refractivity contribution in [2.75, 3.05) is 19.4 Å². The lowest BCUT2D eigenvalue weighted by atomic mass is 10.00. The number of amides is 3. The van der Waals surface area contributed by atoms with E-state index < -0.39 is 41.1 Å². The molecule has 11 heteroatoms. The van der Waals surface area contributed by atoms with Gasteiger partial charge in [0, 0.05) is 24.4 Å². The van der Waals surface area contributed by atoms with Gasteiger partial charge in [-0.15, -0.1) is 11.8 Å². The zero-order chi connectivity index (χ0) is 34.7. The van der Waals surface area contributed by atoms with Crippen molar-refractivity contribution in [2.45, 2.75) is 56.9 Å². The minimum absolute atomic E-state index is 0.0689. The summed E-state index contributed by atoms with van der Waals surface area (Å²) in [5, 5.41) is 2.12. The van der Waals surface area contributed by atoms with E-state index in [9.17, 15) is 19.2 Å². The van der Waals surface area contributed by atoms with Gasteiger partial charge < -0.3 is 24.4 Å². The van der Waals surface area contributed by atoms with Crippen LogP contribution in [0.25, 0.3) is 0 Å². The molecule has 3 heterocycles. The Labute approximate surface area is 290 Å². The van der Waals surface area contributed by atoms with Gasteiger partial charge in [-0.25, -0.2) is 9.59 Å². The average Bonchev–Trinajstić information content (AvgIpc) is 3.43. The molecule has 0 spiro atoms.